The Bertz CT molecular complexity index is 699. The van der Waals surface area contributed by atoms with Gasteiger partial charge in [-0.1, -0.05) is 11.6 Å². The molecule has 6 nitrogen and oxygen atoms in total. The minimum Gasteiger partial charge on any atom is -0.490 e. The number of carbonyl (C=O) groups excluding carboxylic acids is 1. The van der Waals surface area contributed by atoms with E-state index in [1.165, 1.54) is 0 Å². The molecule has 29 heavy (non-hydrogen) atoms. The second kappa shape index (κ2) is 9.52. The Balaban J connectivity index is 1.59. The van der Waals surface area contributed by atoms with Crippen molar-refractivity contribution >= 4 is 17.7 Å². The van der Waals surface area contributed by atoms with Gasteiger partial charge in [-0.25, -0.2) is 9.78 Å². The largest absolute Gasteiger partial charge is 0.490 e. The molecule has 0 spiro atoms. The van der Waals surface area contributed by atoms with Crippen LogP contribution in [0.15, 0.2) is 12.1 Å². The van der Waals surface area contributed by atoms with Gasteiger partial charge in [-0.2, -0.15) is 0 Å². The quantitative estimate of drug-likeness (QED) is 0.672. The highest BCUT2D eigenvalue weighted by atomic mass is 35.5. The summed E-state index contributed by atoms with van der Waals surface area (Å²) >= 11 is 6.28. The number of ether oxygens (including phenoxy) is 2. The number of nitrogens with zero attached hydrogens (tertiary/aromatic N) is 3. The number of amides is 1. The summed E-state index contributed by atoms with van der Waals surface area (Å²) in [7, 11) is 2.14. The first-order valence-corrected chi connectivity index (χ1v) is 11.1. The molecule has 0 aromatic carbocycles. The Labute approximate surface area is 179 Å². The average Bonchev–Trinajstić information content (AvgIpc) is 2.62. The van der Waals surface area contributed by atoms with Gasteiger partial charge in [-0.05, 0) is 65.8 Å². The fraction of sp³-hybridized carbons (Fsp3) is 0.727. The van der Waals surface area contributed by atoms with E-state index in [9.17, 15) is 4.79 Å². The number of aromatic nitrogens is 1. The van der Waals surface area contributed by atoms with Crippen molar-refractivity contribution in [2.75, 3.05) is 33.2 Å². The van der Waals surface area contributed by atoms with Crippen molar-refractivity contribution in [2.24, 2.45) is 5.92 Å². The monoisotopic (exact) mass is 423 g/mol. The molecule has 0 unspecified atom stereocenters. The van der Waals surface area contributed by atoms with Crippen LogP contribution in [0.2, 0.25) is 5.15 Å². The molecular formula is C22H34ClN3O3. The smallest absolute Gasteiger partial charge is 0.410 e. The lowest BCUT2D eigenvalue weighted by Gasteiger charge is -2.34. The number of carbonyl (C=O) groups is 1. The summed E-state index contributed by atoms with van der Waals surface area (Å²) in [5, 5.41) is 0.463. The number of halogens is 1. The zero-order chi connectivity index (χ0) is 21.0. The van der Waals surface area contributed by atoms with E-state index in [1.807, 2.05) is 31.7 Å². The molecule has 2 aliphatic rings. The molecule has 0 saturated carbocycles. The molecule has 1 aromatic heterocycles. The third-order valence-electron chi connectivity index (χ3n) is 5.46. The van der Waals surface area contributed by atoms with Crippen molar-refractivity contribution < 1.29 is 14.3 Å². The van der Waals surface area contributed by atoms with Gasteiger partial charge in [-0.3, -0.25) is 0 Å². The predicted octanol–water partition coefficient (Wildman–Crippen LogP) is 4.40. The van der Waals surface area contributed by atoms with Gasteiger partial charge in [0, 0.05) is 44.0 Å². The van der Waals surface area contributed by atoms with Gasteiger partial charge in [-0.15, -0.1) is 0 Å². The number of piperidine rings is 2. The standard InChI is InChI=1S/C22H34ClN3O3/c1-22(2,3)29-21(27)26-9-5-6-16(15-26)12-17-13-19(14-20(23)24-17)28-18-7-10-25(4)11-8-18/h13-14,16,18H,5-12,15H2,1-4H3/t16-/m1/s1. The summed E-state index contributed by atoms with van der Waals surface area (Å²) in [5.74, 6) is 1.15. The van der Waals surface area contributed by atoms with Crippen LogP contribution in [0.1, 0.15) is 52.1 Å². The second-order valence-electron chi connectivity index (χ2n) is 9.38. The number of likely N-dealkylation sites (tertiary alicyclic amines) is 2. The van der Waals surface area contributed by atoms with Gasteiger partial charge >= 0.3 is 6.09 Å². The lowest BCUT2D eigenvalue weighted by atomic mass is 9.93. The lowest BCUT2D eigenvalue weighted by Crippen LogP contribution is -2.43. The Morgan fingerprint density at radius 2 is 1.93 bits per heavy atom. The molecular weight excluding hydrogens is 390 g/mol. The highest BCUT2D eigenvalue weighted by molar-refractivity contribution is 6.29. The van der Waals surface area contributed by atoms with Crippen molar-refractivity contribution in [3.8, 4) is 5.75 Å². The molecule has 3 heterocycles. The van der Waals surface area contributed by atoms with Crippen molar-refractivity contribution in [2.45, 2.75) is 64.6 Å². The van der Waals surface area contributed by atoms with Gasteiger partial charge in [0.2, 0.25) is 0 Å². The van der Waals surface area contributed by atoms with Crippen LogP contribution in [0.5, 0.6) is 5.75 Å². The van der Waals surface area contributed by atoms with E-state index in [2.05, 4.69) is 16.9 Å². The second-order valence-corrected chi connectivity index (χ2v) is 9.76. The molecule has 0 aliphatic carbocycles. The van der Waals surface area contributed by atoms with Gasteiger partial charge < -0.3 is 19.3 Å². The van der Waals surface area contributed by atoms with E-state index in [4.69, 9.17) is 21.1 Å². The number of hydrogen-bond donors (Lipinski definition) is 0. The van der Waals surface area contributed by atoms with Crippen LogP contribution in [0.25, 0.3) is 0 Å². The lowest BCUT2D eigenvalue weighted by molar-refractivity contribution is 0.0165. The summed E-state index contributed by atoms with van der Waals surface area (Å²) in [5.41, 5.74) is 0.454. The summed E-state index contributed by atoms with van der Waals surface area (Å²) in [4.78, 5) is 21.1. The zero-order valence-electron chi connectivity index (χ0n) is 18.1. The van der Waals surface area contributed by atoms with E-state index in [0.717, 1.165) is 63.2 Å². The maximum Gasteiger partial charge on any atom is 0.410 e. The SMILES string of the molecule is CN1CCC(Oc2cc(Cl)nc(C[C@H]3CCCN(C(=O)OC(C)(C)C)C3)c2)CC1. The average molecular weight is 424 g/mol. The van der Waals surface area contributed by atoms with Gasteiger partial charge in [0.1, 0.15) is 22.6 Å². The van der Waals surface area contributed by atoms with Crippen LogP contribution in [0.3, 0.4) is 0 Å². The fourth-order valence-corrected chi connectivity index (χ4v) is 4.23. The van der Waals surface area contributed by atoms with Crippen LogP contribution in [0.4, 0.5) is 4.79 Å². The van der Waals surface area contributed by atoms with Crippen LogP contribution in [-0.4, -0.2) is 65.8 Å². The molecule has 0 N–H and O–H groups in total. The van der Waals surface area contributed by atoms with E-state index in [-0.39, 0.29) is 12.2 Å². The highest BCUT2D eigenvalue weighted by Crippen LogP contribution is 2.26. The summed E-state index contributed by atoms with van der Waals surface area (Å²) < 4.78 is 11.7. The molecule has 2 fully saturated rings. The third kappa shape index (κ3) is 7.03. The van der Waals surface area contributed by atoms with E-state index < -0.39 is 5.60 Å². The minimum absolute atomic E-state index is 0.229. The first-order chi connectivity index (χ1) is 13.7. The number of hydrogen-bond acceptors (Lipinski definition) is 5. The van der Waals surface area contributed by atoms with E-state index in [1.54, 1.807) is 6.07 Å². The Hall–Kier alpha value is -1.53. The Kier molecular flexibility index (Phi) is 7.28. The highest BCUT2D eigenvalue weighted by Gasteiger charge is 2.28. The van der Waals surface area contributed by atoms with Gasteiger partial charge in [0.05, 0.1) is 0 Å². The molecule has 2 saturated heterocycles. The Morgan fingerprint density at radius 1 is 1.21 bits per heavy atom. The maximum absolute atomic E-state index is 12.4. The van der Waals surface area contributed by atoms with E-state index >= 15 is 0 Å². The van der Waals surface area contributed by atoms with Crippen LogP contribution in [0, 0.1) is 5.92 Å². The summed E-state index contributed by atoms with van der Waals surface area (Å²) in [6, 6.07) is 3.81. The van der Waals surface area contributed by atoms with Crippen molar-refractivity contribution in [3.05, 3.63) is 23.0 Å². The predicted molar refractivity (Wildman–Crippen MR) is 115 cm³/mol. The molecule has 0 bridgehead atoms. The number of rotatable bonds is 4. The molecule has 3 rings (SSSR count). The summed E-state index contributed by atoms with van der Waals surface area (Å²) in [6.07, 6.45) is 4.88. The molecule has 0 radical (unpaired) electrons. The molecule has 7 heteroatoms. The first kappa shape index (κ1) is 22.2. The third-order valence-corrected chi connectivity index (χ3v) is 5.65. The van der Waals surface area contributed by atoms with E-state index in [0.29, 0.717) is 17.6 Å². The van der Waals surface area contributed by atoms with Gasteiger partial charge in [0.15, 0.2) is 0 Å². The maximum atomic E-state index is 12.4. The molecule has 1 amide bonds. The molecule has 1 atom stereocenters. The topological polar surface area (TPSA) is 54.9 Å². The Morgan fingerprint density at radius 3 is 2.62 bits per heavy atom. The zero-order valence-corrected chi connectivity index (χ0v) is 18.9. The van der Waals surface area contributed by atoms with Crippen molar-refractivity contribution in [3.63, 3.8) is 0 Å². The van der Waals surface area contributed by atoms with Crippen molar-refractivity contribution in [1.82, 2.24) is 14.8 Å². The molecule has 162 valence electrons. The van der Waals surface area contributed by atoms with Crippen LogP contribution < -0.4 is 4.74 Å². The normalized spacial score (nSPS) is 21.8. The fourth-order valence-electron chi connectivity index (χ4n) is 4.01. The summed E-state index contributed by atoms with van der Waals surface area (Å²) in [6.45, 7) is 9.24. The molecule has 2 aliphatic heterocycles. The molecule has 1 aromatic rings. The van der Waals surface area contributed by atoms with Gasteiger partial charge in [0.25, 0.3) is 0 Å². The first-order valence-electron chi connectivity index (χ1n) is 10.7. The number of pyridine rings is 1. The van der Waals surface area contributed by atoms with Crippen molar-refractivity contribution in [1.29, 1.82) is 0 Å². The van der Waals surface area contributed by atoms with Crippen LogP contribution >= 0.6 is 11.6 Å². The van der Waals surface area contributed by atoms with Crippen LogP contribution in [-0.2, 0) is 11.2 Å². The minimum atomic E-state index is -0.474.